The minimum atomic E-state index is -1.22. The van der Waals surface area contributed by atoms with Gasteiger partial charge in [0.25, 0.3) is 5.91 Å². The fourth-order valence-electron chi connectivity index (χ4n) is 3.03. The maximum atomic E-state index is 13.0. The summed E-state index contributed by atoms with van der Waals surface area (Å²) in [5.41, 5.74) is 0. The molecule has 1 heterocycles. The Bertz CT molecular complexity index is 519. The van der Waals surface area contributed by atoms with Crippen LogP contribution in [0.1, 0.15) is 47.0 Å². The summed E-state index contributed by atoms with van der Waals surface area (Å²) in [4.78, 5) is 39.4. The van der Waals surface area contributed by atoms with Crippen molar-refractivity contribution in [3.63, 3.8) is 0 Å². The highest BCUT2D eigenvalue weighted by atomic mass is 35.5. The molecule has 1 aliphatic heterocycles. The van der Waals surface area contributed by atoms with E-state index in [4.69, 9.17) is 23.2 Å². The van der Waals surface area contributed by atoms with Gasteiger partial charge in [-0.05, 0) is 19.3 Å². The molecular formula is C18H32Cl2N4O3. The number of carbonyl (C=O) groups excluding carboxylic acids is 3. The van der Waals surface area contributed by atoms with Crippen LogP contribution in [0.4, 0.5) is 4.79 Å². The van der Waals surface area contributed by atoms with E-state index in [-0.39, 0.29) is 23.9 Å². The highest BCUT2D eigenvalue weighted by Gasteiger charge is 2.35. The van der Waals surface area contributed by atoms with Gasteiger partial charge in [-0.3, -0.25) is 9.59 Å². The van der Waals surface area contributed by atoms with Gasteiger partial charge in [0.1, 0.15) is 6.04 Å². The lowest BCUT2D eigenvalue weighted by molar-refractivity contribution is -0.139. The fraction of sp³-hybridized carbons (Fsp3) is 0.833. The highest BCUT2D eigenvalue weighted by Crippen LogP contribution is 2.16. The number of nitrogens with one attached hydrogen (secondary N) is 2. The van der Waals surface area contributed by atoms with Crippen molar-refractivity contribution < 1.29 is 14.4 Å². The summed E-state index contributed by atoms with van der Waals surface area (Å²) < 4.78 is 0. The maximum Gasteiger partial charge on any atom is 0.317 e. The molecule has 4 amide bonds. The number of rotatable bonds is 8. The van der Waals surface area contributed by atoms with Crippen LogP contribution in [0.3, 0.4) is 0 Å². The Morgan fingerprint density at radius 1 is 1.19 bits per heavy atom. The largest absolute Gasteiger partial charge is 0.342 e. The Morgan fingerprint density at radius 3 is 2.37 bits per heavy atom. The summed E-state index contributed by atoms with van der Waals surface area (Å²) in [6, 6.07) is -0.881. The van der Waals surface area contributed by atoms with Crippen molar-refractivity contribution in [1.82, 2.24) is 20.4 Å². The van der Waals surface area contributed by atoms with Crippen LogP contribution < -0.4 is 10.6 Å². The van der Waals surface area contributed by atoms with Crippen molar-refractivity contribution in [1.29, 1.82) is 0 Å². The van der Waals surface area contributed by atoms with E-state index in [2.05, 4.69) is 17.6 Å². The second-order valence-electron chi connectivity index (χ2n) is 7.08. The fourth-order valence-corrected chi connectivity index (χ4v) is 3.16. The third-order valence-corrected chi connectivity index (χ3v) is 5.38. The van der Waals surface area contributed by atoms with Crippen molar-refractivity contribution in [2.75, 3.05) is 26.2 Å². The predicted molar refractivity (Wildman–Crippen MR) is 108 cm³/mol. The summed E-state index contributed by atoms with van der Waals surface area (Å²) in [7, 11) is 0. The molecule has 1 rings (SSSR count). The minimum absolute atomic E-state index is 0.0563. The average Bonchev–Trinajstić information content (AvgIpc) is 2.64. The summed E-state index contributed by atoms with van der Waals surface area (Å²) in [5.74, 6) is -0.789. The number of piperazine rings is 1. The van der Waals surface area contributed by atoms with Crippen LogP contribution in [0, 0.1) is 5.92 Å². The molecule has 0 saturated carbocycles. The molecule has 27 heavy (non-hydrogen) atoms. The number of alkyl halides is 2. The average molecular weight is 423 g/mol. The number of hydrogen-bond donors (Lipinski definition) is 2. The third kappa shape index (κ3) is 7.03. The number of carbonyl (C=O) groups is 3. The SMILES string of the molecule is CCCCNC(=O)N1CCN(C(=O)C(NC(=O)C(Cl)Cl)C(C)CC)CC1C. The van der Waals surface area contributed by atoms with E-state index < -0.39 is 16.8 Å². The first kappa shape index (κ1) is 23.8. The van der Waals surface area contributed by atoms with E-state index in [0.717, 1.165) is 19.3 Å². The lowest BCUT2D eigenvalue weighted by Gasteiger charge is -2.41. The molecule has 0 radical (unpaired) electrons. The predicted octanol–water partition coefficient (Wildman–Crippen LogP) is 2.36. The molecule has 0 aliphatic carbocycles. The summed E-state index contributed by atoms with van der Waals surface area (Å²) >= 11 is 11.2. The Labute approximate surface area is 172 Å². The monoisotopic (exact) mass is 422 g/mol. The first-order valence-corrected chi connectivity index (χ1v) is 10.5. The van der Waals surface area contributed by atoms with E-state index in [0.29, 0.717) is 26.2 Å². The van der Waals surface area contributed by atoms with Crippen molar-refractivity contribution in [3.8, 4) is 0 Å². The highest BCUT2D eigenvalue weighted by molar-refractivity contribution is 6.53. The van der Waals surface area contributed by atoms with Gasteiger partial charge in [-0.25, -0.2) is 4.79 Å². The van der Waals surface area contributed by atoms with Crippen molar-refractivity contribution in [2.24, 2.45) is 5.92 Å². The van der Waals surface area contributed by atoms with E-state index in [1.165, 1.54) is 0 Å². The van der Waals surface area contributed by atoms with Gasteiger partial charge in [0.2, 0.25) is 5.91 Å². The van der Waals surface area contributed by atoms with Crippen LogP contribution in [0.25, 0.3) is 0 Å². The summed E-state index contributed by atoms with van der Waals surface area (Å²) in [6.45, 7) is 9.82. The first-order valence-electron chi connectivity index (χ1n) is 9.64. The maximum absolute atomic E-state index is 13.0. The van der Waals surface area contributed by atoms with Crippen LogP contribution in [0.2, 0.25) is 0 Å². The van der Waals surface area contributed by atoms with E-state index in [1.54, 1.807) is 9.80 Å². The Balaban J connectivity index is 2.72. The molecule has 3 atom stereocenters. The molecule has 0 spiro atoms. The van der Waals surface area contributed by atoms with Gasteiger partial charge in [0.15, 0.2) is 4.84 Å². The van der Waals surface area contributed by atoms with Gasteiger partial charge >= 0.3 is 6.03 Å². The zero-order valence-corrected chi connectivity index (χ0v) is 18.1. The number of halogens is 2. The second-order valence-corrected chi connectivity index (χ2v) is 8.18. The normalized spacial score (nSPS) is 19.6. The van der Waals surface area contributed by atoms with Gasteiger partial charge in [-0.2, -0.15) is 0 Å². The molecule has 0 bridgehead atoms. The number of hydrogen-bond acceptors (Lipinski definition) is 3. The third-order valence-electron chi connectivity index (χ3n) is 4.98. The number of unbranched alkanes of at least 4 members (excludes halogenated alkanes) is 1. The van der Waals surface area contributed by atoms with Crippen LogP contribution >= 0.6 is 23.2 Å². The van der Waals surface area contributed by atoms with Gasteiger partial charge in [-0.15, -0.1) is 0 Å². The van der Waals surface area contributed by atoms with Gasteiger partial charge in [0, 0.05) is 32.2 Å². The Morgan fingerprint density at radius 2 is 1.85 bits per heavy atom. The second kappa shape index (κ2) is 11.6. The van der Waals surface area contributed by atoms with Crippen LogP contribution in [0.15, 0.2) is 0 Å². The summed E-state index contributed by atoms with van der Waals surface area (Å²) in [6.07, 6.45) is 2.69. The van der Waals surface area contributed by atoms with E-state index in [1.807, 2.05) is 20.8 Å². The molecule has 156 valence electrons. The van der Waals surface area contributed by atoms with E-state index in [9.17, 15) is 14.4 Å². The quantitative estimate of drug-likeness (QED) is 0.465. The lowest BCUT2D eigenvalue weighted by atomic mass is 9.97. The van der Waals surface area contributed by atoms with Crippen molar-refractivity contribution >= 4 is 41.0 Å². The minimum Gasteiger partial charge on any atom is -0.342 e. The standard InChI is InChI=1S/C18H32Cl2N4O3/c1-5-7-8-21-18(27)24-10-9-23(11-13(24)4)17(26)14(12(3)6-2)22-16(25)15(19)20/h12-15H,5-11H2,1-4H3,(H,21,27)(H,22,25). The molecule has 7 nitrogen and oxygen atoms in total. The Hall–Kier alpha value is -1.21. The van der Waals surface area contributed by atoms with Gasteiger partial charge < -0.3 is 20.4 Å². The van der Waals surface area contributed by atoms with Crippen LogP contribution in [-0.2, 0) is 9.59 Å². The molecule has 0 aromatic rings. The molecule has 2 N–H and O–H groups in total. The van der Waals surface area contributed by atoms with Crippen molar-refractivity contribution in [2.45, 2.75) is 63.9 Å². The molecule has 9 heteroatoms. The van der Waals surface area contributed by atoms with Crippen LogP contribution in [0.5, 0.6) is 0 Å². The molecule has 1 aliphatic rings. The molecule has 1 fully saturated rings. The van der Waals surface area contributed by atoms with Gasteiger partial charge in [0.05, 0.1) is 0 Å². The molecule has 0 aromatic carbocycles. The molecule has 0 aromatic heterocycles. The zero-order valence-electron chi connectivity index (χ0n) is 16.6. The molecule has 1 saturated heterocycles. The smallest absolute Gasteiger partial charge is 0.317 e. The number of amides is 4. The van der Waals surface area contributed by atoms with Crippen LogP contribution in [-0.4, -0.2) is 70.7 Å². The number of urea groups is 1. The molecular weight excluding hydrogens is 391 g/mol. The van der Waals surface area contributed by atoms with E-state index >= 15 is 0 Å². The van der Waals surface area contributed by atoms with Gasteiger partial charge in [-0.1, -0.05) is 56.8 Å². The van der Waals surface area contributed by atoms with Crippen molar-refractivity contribution in [3.05, 3.63) is 0 Å². The number of nitrogens with zero attached hydrogens (tertiary/aromatic N) is 2. The first-order chi connectivity index (χ1) is 12.7. The summed E-state index contributed by atoms with van der Waals surface area (Å²) in [5, 5.41) is 5.57. The topological polar surface area (TPSA) is 81.8 Å². The zero-order chi connectivity index (χ0) is 20.6. The molecule has 3 unspecified atom stereocenters. The Kier molecular flexibility index (Phi) is 10.2. The lowest BCUT2D eigenvalue weighted by Crippen LogP contribution is -2.61.